The quantitative estimate of drug-likeness (QED) is 0.885. The summed E-state index contributed by atoms with van der Waals surface area (Å²) in [6.07, 6.45) is 0. The van der Waals surface area contributed by atoms with Gasteiger partial charge in [0.1, 0.15) is 5.76 Å². The molecule has 5 nitrogen and oxygen atoms in total. The third-order valence-electron chi connectivity index (χ3n) is 2.49. The van der Waals surface area contributed by atoms with Crippen molar-refractivity contribution in [1.29, 1.82) is 0 Å². The molecular weight excluding hydrogens is 242 g/mol. The fourth-order valence-electron chi connectivity index (χ4n) is 1.73. The van der Waals surface area contributed by atoms with E-state index in [0.29, 0.717) is 17.1 Å². The number of anilines is 2. The lowest BCUT2D eigenvalue weighted by atomic mass is 10.1. The molecule has 0 saturated heterocycles. The van der Waals surface area contributed by atoms with Gasteiger partial charge in [0, 0.05) is 17.8 Å². The van der Waals surface area contributed by atoms with Gasteiger partial charge in [-0.15, -0.1) is 0 Å². The smallest absolute Gasteiger partial charge is 0.259 e. The molecule has 1 heterocycles. The Hall–Kier alpha value is -2.30. The van der Waals surface area contributed by atoms with Crippen LogP contribution in [-0.2, 0) is 0 Å². The molecule has 0 aliphatic rings. The Morgan fingerprint density at radius 2 is 2.05 bits per heavy atom. The van der Waals surface area contributed by atoms with Gasteiger partial charge in [-0.05, 0) is 32.9 Å². The van der Waals surface area contributed by atoms with Gasteiger partial charge in [0.2, 0.25) is 0 Å². The number of carbonyl (C=O) groups excluding carboxylic acids is 1. The molecule has 1 aromatic carbocycles. The molecule has 0 fully saturated rings. The average molecular weight is 259 g/mol. The molecule has 0 aliphatic carbocycles. The zero-order valence-corrected chi connectivity index (χ0v) is 11.2. The number of carbonyl (C=O) groups is 1. The van der Waals surface area contributed by atoms with E-state index in [1.165, 1.54) is 0 Å². The second kappa shape index (κ2) is 5.56. The number of para-hydroxylation sites is 1. The van der Waals surface area contributed by atoms with E-state index in [-0.39, 0.29) is 11.9 Å². The second-order valence-electron chi connectivity index (χ2n) is 4.62. The summed E-state index contributed by atoms with van der Waals surface area (Å²) in [5.41, 5.74) is 1.38. The molecule has 1 amide bonds. The molecule has 2 aromatic rings. The van der Waals surface area contributed by atoms with E-state index in [9.17, 15) is 4.79 Å². The van der Waals surface area contributed by atoms with E-state index in [2.05, 4.69) is 15.8 Å². The molecule has 5 heteroatoms. The van der Waals surface area contributed by atoms with Crippen LogP contribution < -0.4 is 10.6 Å². The van der Waals surface area contributed by atoms with E-state index in [1.807, 2.05) is 32.0 Å². The first-order chi connectivity index (χ1) is 9.06. The lowest BCUT2D eigenvalue weighted by molar-refractivity contribution is 0.102. The molecule has 2 N–H and O–H groups in total. The van der Waals surface area contributed by atoms with Crippen LogP contribution in [0.15, 0.2) is 34.9 Å². The fourth-order valence-corrected chi connectivity index (χ4v) is 1.73. The van der Waals surface area contributed by atoms with Crippen LogP contribution in [0.3, 0.4) is 0 Å². The number of hydrogen-bond acceptors (Lipinski definition) is 4. The molecular formula is C14H17N3O2. The first-order valence-electron chi connectivity index (χ1n) is 6.16. The molecule has 0 atom stereocenters. The Balaban J connectivity index is 2.18. The van der Waals surface area contributed by atoms with Gasteiger partial charge in [0.25, 0.3) is 5.91 Å². The Morgan fingerprint density at radius 1 is 1.32 bits per heavy atom. The van der Waals surface area contributed by atoms with Crippen molar-refractivity contribution in [1.82, 2.24) is 5.16 Å². The summed E-state index contributed by atoms with van der Waals surface area (Å²) in [6, 6.07) is 9.30. The molecule has 0 saturated carbocycles. The number of rotatable bonds is 4. The molecule has 0 bridgehead atoms. The van der Waals surface area contributed by atoms with Crippen molar-refractivity contribution >= 4 is 17.4 Å². The van der Waals surface area contributed by atoms with Crippen LogP contribution in [0, 0.1) is 6.92 Å². The second-order valence-corrected chi connectivity index (χ2v) is 4.62. The minimum Gasteiger partial charge on any atom is -0.382 e. The molecule has 0 spiro atoms. The number of nitrogens with zero attached hydrogens (tertiary/aromatic N) is 1. The fraction of sp³-hybridized carbons (Fsp3) is 0.286. The molecule has 19 heavy (non-hydrogen) atoms. The van der Waals surface area contributed by atoms with Crippen LogP contribution >= 0.6 is 0 Å². The van der Waals surface area contributed by atoms with Gasteiger partial charge >= 0.3 is 0 Å². The first-order valence-corrected chi connectivity index (χ1v) is 6.16. The summed E-state index contributed by atoms with van der Waals surface area (Å²) in [5, 5.41) is 9.69. The number of amides is 1. The number of hydrogen-bond donors (Lipinski definition) is 2. The zero-order valence-electron chi connectivity index (χ0n) is 11.2. The maximum Gasteiger partial charge on any atom is 0.259 e. The van der Waals surface area contributed by atoms with Gasteiger partial charge in [-0.1, -0.05) is 17.3 Å². The Kier molecular flexibility index (Phi) is 3.85. The van der Waals surface area contributed by atoms with Crippen molar-refractivity contribution in [3.63, 3.8) is 0 Å². The van der Waals surface area contributed by atoms with Crippen molar-refractivity contribution in [2.75, 3.05) is 10.6 Å². The monoisotopic (exact) mass is 259 g/mol. The molecule has 100 valence electrons. The highest BCUT2D eigenvalue weighted by molar-refractivity contribution is 6.07. The van der Waals surface area contributed by atoms with E-state index in [4.69, 9.17) is 4.52 Å². The number of nitrogens with one attached hydrogen (secondary N) is 2. The van der Waals surface area contributed by atoms with E-state index in [0.717, 1.165) is 5.69 Å². The average Bonchev–Trinajstić information content (AvgIpc) is 2.74. The number of aromatic nitrogens is 1. The standard InChI is InChI=1S/C14H17N3O2/c1-9(2)15-12-7-5-4-6-11(12)14(18)16-13-8-10(3)19-17-13/h4-9,15H,1-3H3,(H,16,17,18). The predicted molar refractivity (Wildman–Crippen MR) is 74.4 cm³/mol. The lowest BCUT2D eigenvalue weighted by Crippen LogP contribution is -2.17. The maximum absolute atomic E-state index is 12.2. The maximum atomic E-state index is 12.2. The highest BCUT2D eigenvalue weighted by Crippen LogP contribution is 2.18. The third kappa shape index (κ3) is 3.34. The number of aryl methyl sites for hydroxylation is 1. The van der Waals surface area contributed by atoms with Gasteiger partial charge in [0.05, 0.1) is 5.56 Å². The summed E-state index contributed by atoms with van der Waals surface area (Å²) in [5.74, 6) is 0.864. The van der Waals surface area contributed by atoms with Crippen molar-refractivity contribution in [2.45, 2.75) is 26.8 Å². The van der Waals surface area contributed by atoms with Crippen LogP contribution in [0.2, 0.25) is 0 Å². The highest BCUT2D eigenvalue weighted by atomic mass is 16.5. The minimum absolute atomic E-state index is 0.211. The molecule has 2 rings (SSSR count). The molecule has 1 aromatic heterocycles. The van der Waals surface area contributed by atoms with E-state index < -0.39 is 0 Å². The predicted octanol–water partition coefficient (Wildman–Crippen LogP) is 3.06. The Labute approximate surface area is 112 Å². The van der Waals surface area contributed by atoms with Crippen molar-refractivity contribution in [3.05, 3.63) is 41.7 Å². The van der Waals surface area contributed by atoms with Gasteiger partial charge < -0.3 is 15.2 Å². The zero-order chi connectivity index (χ0) is 13.8. The van der Waals surface area contributed by atoms with Crippen molar-refractivity contribution < 1.29 is 9.32 Å². The summed E-state index contributed by atoms with van der Waals surface area (Å²) >= 11 is 0. The third-order valence-corrected chi connectivity index (χ3v) is 2.49. The lowest BCUT2D eigenvalue weighted by Gasteiger charge is -2.13. The summed E-state index contributed by atoms with van der Waals surface area (Å²) in [7, 11) is 0. The number of benzene rings is 1. The van der Waals surface area contributed by atoms with Gasteiger partial charge in [-0.2, -0.15) is 0 Å². The van der Waals surface area contributed by atoms with Crippen LogP contribution in [0.1, 0.15) is 30.0 Å². The van der Waals surface area contributed by atoms with Gasteiger partial charge in [0.15, 0.2) is 5.82 Å². The van der Waals surface area contributed by atoms with E-state index in [1.54, 1.807) is 19.1 Å². The van der Waals surface area contributed by atoms with Crippen LogP contribution in [0.4, 0.5) is 11.5 Å². The van der Waals surface area contributed by atoms with Crippen LogP contribution in [-0.4, -0.2) is 17.1 Å². The summed E-state index contributed by atoms with van der Waals surface area (Å²) in [4.78, 5) is 12.2. The Morgan fingerprint density at radius 3 is 2.68 bits per heavy atom. The molecule has 0 radical (unpaired) electrons. The Bertz CT molecular complexity index is 576. The largest absolute Gasteiger partial charge is 0.382 e. The van der Waals surface area contributed by atoms with Gasteiger partial charge in [-0.3, -0.25) is 4.79 Å². The van der Waals surface area contributed by atoms with Gasteiger partial charge in [-0.25, -0.2) is 0 Å². The molecule has 0 aliphatic heterocycles. The normalized spacial score (nSPS) is 10.5. The van der Waals surface area contributed by atoms with E-state index >= 15 is 0 Å². The summed E-state index contributed by atoms with van der Waals surface area (Å²) < 4.78 is 4.92. The first kappa shape index (κ1) is 13.1. The van der Waals surface area contributed by atoms with Crippen molar-refractivity contribution in [3.8, 4) is 0 Å². The highest BCUT2D eigenvalue weighted by Gasteiger charge is 2.13. The SMILES string of the molecule is Cc1cc(NC(=O)c2ccccc2NC(C)C)no1. The summed E-state index contributed by atoms with van der Waals surface area (Å²) in [6.45, 7) is 5.82. The van der Waals surface area contributed by atoms with Crippen molar-refractivity contribution in [2.24, 2.45) is 0 Å². The minimum atomic E-state index is -0.211. The molecule has 0 unspecified atom stereocenters. The van der Waals surface area contributed by atoms with Crippen LogP contribution in [0.5, 0.6) is 0 Å². The van der Waals surface area contributed by atoms with Crippen LogP contribution in [0.25, 0.3) is 0 Å². The topological polar surface area (TPSA) is 67.2 Å².